The third-order valence-electron chi connectivity index (χ3n) is 4.33. The van der Waals surface area contributed by atoms with Crippen molar-refractivity contribution < 1.29 is 8.78 Å². The lowest BCUT2D eigenvalue weighted by Crippen LogP contribution is -2.17. The molecule has 1 fully saturated rings. The molecule has 2 N–H and O–H groups in total. The van der Waals surface area contributed by atoms with Gasteiger partial charge in [0.25, 0.3) is 0 Å². The quantitative estimate of drug-likeness (QED) is 0.761. The van der Waals surface area contributed by atoms with Crippen molar-refractivity contribution in [2.75, 3.05) is 18.0 Å². The second-order valence-corrected chi connectivity index (χ2v) is 5.79. The van der Waals surface area contributed by atoms with Gasteiger partial charge in [-0.25, -0.2) is 13.6 Å². The van der Waals surface area contributed by atoms with Gasteiger partial charge < -0.3 is 14.9 Å². The molecule has 4 nitrogen and oxygen atoms in total. The van der Waals surface area contributed by atoms with Gasteiger partial charge in [-0.15, -0.1) is 0 Å². The highest BCUT2D eigenvalue weighted by molar-refractivity contribution is 5.83. The highest BCUT2D eigenvalue weighted by Crippen LogP contribution is 2.31. The highest BCUT2D eigenvalue weighted by Gasteiger charge is 2.18. The number of aromatic nitrogens is 2. The number of hydrogen-bond acceptors (Lipinski definition) is 2. The lowest BCUT2D eigenvalue weighted by Gasteiger charge is -2.18. The predicted octanol–water partition coefficient (Wildman–Crippen LogP) is 3.40. The van der Waals surface area contributed by atoms with Crippen LogP contribution in [0, 0.1) is 11.6 Å². The van der Waals surface area contributed by atoms with E-state index in [0.717, 1.165) is 24.8 Å². The van der Waals surface area contributed by atoms with E-state index in [4.69, 9.17) is 0 Å². The summed E-state index contributed by atoms with van der Waals surface area (Å²) >= 11 is 0. The molecule has 0 saturated carbocycles. The molecule has 0 atom stereocenters. The van der Waals surface area contributed by atoms with Crippen molar-refractivity contribution in [3.05, 3.63) is 52.5 Å². The molecule has 1 saturated heterocycles. The molecule has 118 valence electrons. The summed E-state index contributed by atoms with van der Waals surface area (Å²) < 4.78 is 28.9. The van der Waals surface area contributed by atoms with Crippen LogP contribution >= 0.6 is 0 Å². The maximum absolute atomic E-state index is 14.6. The van der Waals surface area contributed by atoms with E-state index in [0.29, 0.717) is 5.56 Å². The van der Waals surface area contributed by atoms with E-state index in [1.54, 1.807) is 12.1 Å². The van der Waals surface area contributed by atoms with Gasteiger partial charge in [0.2, 0.25) is 0 Å². The summed E-state index contributed by atoms with van der Waals surface area (Å²) in [6.45, 7) is 2.03. The van der Waals surface area contributed by atoms with Crippen LogP contribution in [0.1, 0.15) is 12.8 Å². The monoisotopic (exact) mass is 315 g/mol. The van der Waals surface area contributed by atoms with Gasteiger partial charge in [-0.05, 0) is 30.5 Å². The SMILES string of the molecule is O=c1[nH]c2cc(F)c(-c3ccc(N4CCCC4)cc3)c(F)c2[nH]1. The lowest BCUT2D eigenvalue weighted by atomic mass is 10.0. The van der Waals surface area contributed by atoms with E-state index in [1.807, 2.05) is 12.1 Å². The zero-order valence-corrected chi connectivity index (χ0v) is 12.3. The summed E-state index contributed by atoms with van der Waals surface area (Å²) in [4.78, 5) is 18.3. The summed E-state index contributed by atoms with van der Waals surface area (Å²) in [5.74, 6) is -1.45. The van der Waals surface area contributed by atoms with Crippen LogP contribution in [0.15, 0.2) is 35.1 Å². The fourth-order valence-electron chi connectivity index (χ4n) is 3.19. The Kier molecular flexibility index (Phi) is 3.18. The van der Waals surface area contributed by atoms with Crippen LogP contribution in [0.3, 0.4) is 0 Å². The van der Waals surface area contributed by atoms with Gasteiger partial charge in [-0.3, -0.25) is 0 Å². The minimum absolute atomic E-state index is 0.00461. The van der Waals surface area contributed by atoms with Gasteiger partial charge in [-0.2, -0.15) is 0 Å². The molecule has 3 aromatic rings. The van der Waals surface area contributed by atoms with Crippen LogP contribution in [0.5, 0.6) is 0 Å². The number of halogens is 2. The average Bonchev–Trinajstić information content (AvgIpc) is 3.17. The van der Waals surface area contributed by atoms with Crippen molar-refractivity contribution in [2.24, 2.45) is 0 Å². The summed E-state index contributed by atoms with van der Waals surface area (Å²) in [5.41, 5.74) is 0.952. The Balaban J connectivity index is 1.80. The number of benzene rings is 2. The highest BCUT2D eigenvalue weighted by atomic mass is 19.1. The molecule has 0 aliphatic carbocycles. The molecule has 6 heteroatoms. The Labute approximate surface area is 130 Å². The zero-order chi connectivity index (χ0) is 16.0. The van der Waals surface area contributed by atoms with Crippen molar-refractivity contribution in [2.45, 2.75) is 12.8 Å². The van der Waals surface area contributed by atoms with Crippen molar-refractivity contribution in [1.29, 1.82) is 0 Å². The first-order valence-corrected chi connectivity index (χ1v) is 7.59. The van der Waals surface area contributed by atoms with Crippen LogP contribution < -0.4 is 10.6 Å². The van der Waals surface area contributed by atoms with E-state index in [2.05, 4.69) is 14.9 Å². The Morgan fingerprint density at radius 2 is 1.70 bits per heavy atom. The Morgan fingerprint density at radius 1 is 1.00 bits per heavy atom. The first-order valence-electron chi connectivity index (χ1n) is 7.59. The van der Waals surface area contributed by atoms with Crippen molar-refractivity contribution in [1.82, 2.24) is 9.97 Å². The smallest absolute Gasteiger partial charge is 0.323 e. The largest absolute Gasteiger partial charge is 0.372 e. The molecular weight excluding hydrogens is 300 g/mol. The van der Waals surface area contributed by atoms with Gasteiger partial charge >= 0.3 is 5.69 Å². The molecule has 1 aliphatic heterocycles. The van der Waals surface area contributed by atoms with Crippen LogP contribution in [0.25, 0.3) is 22.2 Å². The van der Waals surface area contributed by atoms with E-state index in [9.17, 15) is 13.6 Å². The molecule has 0 bridgehead atoms. The van der Waals surface area contributed by atoms with Gasteiger partial charge in [0.05, 0.1) is 11.1 Å². The van der Waals surface area contributed by atoms with Crippen LogP contribution in [0.2, 0.25) is 0 Å². The normalized spacial score (nSPS) is 14.8. The third-order valence-corrected chi connectivity index (χ3v) is 4.33. The molecule has 0 unspecified atom stereocenters. The summed E-state index contributed by atoms with van der Waals surface area (Å²) in [6, 6.07) is 8.32. The summed E-state index contributed by atoms with van der Waals surface area (Å²) in [6.07, 6.45) is 2.34. The minimum Gasteiger partial charge on any atom is -0.372 e. The summed E-state index contributed by atoms with van der Waals surface area (Å²) in [5, 5.41) is 0. The zero-order valence-electron chi connectivity index (χ0n) is 12.3. The van der Waals surface area contributed by atoms with Crippen molar-refractivity contribution in [3.63, 3.8) is 0 Å². The number of fused-ring (bicyclic) bond motifs is 1. The molecule has 0 spiro atoms. The van der Waals surface area contributed by atoms with Crippen molar-refractivity contribution >= 4 is 16.7 Å². The Hall–Kier alpha value is -2.63. The number of anilines is 1. The maximum Gasteiger partial charge on any atom is 0.323 e. The first-order chi connectivity index (χ1) is 11.1. The molecule has 23 heavy (non-hydrogen) atoms. The fourth-order valence-corrected chi connectivity index (χ4v) is 3.19. The minimum atomic E-state index is -0.757. The van der Waals surface area contributed by atoms with Crippen LogP contribution in [0.4, 0.5) is 14.5 Å². The maximum atomic E-state index is 14.6. The molecule has 1 aromatic heterocycles. The molecule has 0 radical (unpaired) electrons. The predicted molar refractivity (Wildman–Crippen MR) is 85.7 cm³/mol. The van der Waals surface area contributed by atoms with Crippen LogP contribution in [-0.2, 0) is 0 Å². The Bertz CT molecular complexity index is 921. The van der Waals surface area contributed by atoms with Crippen LogP contribution in [-0.4, -0.2) is 23.1 Å². The van der Waals surface area contributed by atoms with Gasteiger partial charge in [0, 0.05) is 24.8 Å². The van der Waals surface area contributed by atoms with Gasteiger partial charge in [0.1, 0.15) is 11.3 Å². The average molecular weight is 315 g/mol. The van der Waals surface area contributed by atoms with Gasteiger partial charge in [-0.1, -0.05) is 12.1 Å². The fraction of sp³-hybridized carbons (Fsp3) is 0.235. The summed E-state index contributed by atoms with van der Waals surface area (Å²) in [7, 11) is 0. The number of imidazole rings is 1. The second kappa shape index (κ2) is 5.22. The number of nitrogens with one attached hydrogen (secondary N) is 2. The van der Waals surface area contributed by atoms with Gasteiger partial charge in [0.15, 0.2) is 5.82 Å². The van der Waals surface area contributed by atoms with E-state index >= 15 is 0 Å². The second-order valence-electron chi connectivity index (χ2n) is 5.79. The number of aromatic amines is 2. The standard InChI is InChI=1S/C17H15F2N3O/c18-12-9-13-16(21-17(23)20-13)15(19)14(12)10-3-5-11(6-4-10)22-7-1-2-8-22/h3-6,9H,1-2,7-8H2,(H2,20,21,23). The van der Waals surface area contributed by atoms with E-state index in [1.165, 1.54) is 12.8 Å². The molecule has 0 amide bonds. The topological polar surface area (TPSA) is 51.9 Å². The molecular formula is C17H15F2N3O. The molecule has 2 aromatic carbocycles. The van der Waals surface area contributed by atoms with Crippen molar-refractivity contribution in [3.8, 4) is 11.1 Å². The van der Waals surface area contributed by atoms with E-state index < -0.39 is 17.3 Å². The molecule has 1 aliphatic rings. The number of nitrogens with zero attached hydrogens (tertiary/aromatic N) is 1. The number of hydrogen-bond donors (Lipinski definition) is 2. The lowest BCUT2D eigenvalue weighted by molar-refractivity contribution is 0.597. The van der Waals surface area contributed by atoms with E-state index in [-0.39, 0.29) is 16.6 Å². The molecule has 2 heterocycles. The number of H-pyrrole nitrogens is 2. The first kappa shape index (κ1) is 14.0. The molecule has 4 rings (SSSR count). The third kappa shape index (κ3) is 2.30. The Morgan fingerprint density at radius 3 is 2.39 bits per heavy atom. The number of rotatable bonds is 2.